The molecule has 1 fully saturated rings. The molecular formula is C22H28N4O3. The first-order valence-electron chi connectivity index (χ1n) is 9.85. The number of hydrogen-bond acceptors (Lipinski definition) is 5. The molecule has 7 nitrogen and oxygen atoms in total. The summed E-state index contributed by atoms with van der Waals surface area (Å²) in [5.41, 5.74) is 2.07. The number of amides is 2. The van der Waals surface area contributed by atoms with Crippen LogP contribution in [0.5, 0.6) is 5.75 Å². The molecule has 2 heterocycles. The zero-order chi connectivity index (χ0) is 20.6. The van der Waals surface area contributed by atoms with Crippen molar-refractivity contribution in [3.63, 3.8) is 0 Å². The van der Waals surface area contributed by atoms with Gasteiger partial charge in [-0.1, -0.05) is 18.2 Å². The van der Waals surface area contributed by atoms with Crippen LogP contribution in [0.2, 0.25) is 0 Å². The van der Waals surface area contributed by atoms with E-state index in [0.29, 0.717) is 13.1 Å². The zero-order valence-electron chi connectivity index (χ0n) is 17.0. The Labute approximate surface area is 171 Å². The highest BCUT2D eigenvalue weighted by molar-refractivity contribution is 5.79. The number of carbonyl (C=O) groups is 2. The number of methoxy groups -OCH3 is 1. The Morgan fingerprint density at radius 3 is 2.45 bits per heavy atom. The van der Waals surface area contributed by atoms with Gasteiger partial charge in [0.25, 0.3) is 0 Å². The van der Waals surface area contributed by atoms with Gasteiger partial charge in [-0.05, 0) is 29.3 Å². The number of nitrogens with zero attached hydrogens (tertiary/aromatic N) is 3. The molecule has 0 spiro atoms. The molecule has 2 aromatic rings. The summed E-state index contributed by atoms with van der Waals surface area (Å²) in [6, 6.07) is 11.1. The number of nitrogens with one attached hydrogen (secondary N) is 1. The lowest BCUT2D eigenvalue weighted by atomic mass is 10.0. The summed E-state index contributed by atoms with van der Waals surface area (Å²) in [5.74, 6) is 0.645. The molecule has 29 heavy (non-hydrogen) atoms. The number of benzene rings is 1. The Bertz CT molecular complexity index is 803. The molecule has 1 unspecified atom stereocenters. The van der Waals surface area contributed by atoms with E-state index in [4.69, 9.17) is 4.74 Å². The molecule has 2 amide bonds. The van der Waals surface area contributed by atoms with Crippen molar-refractivity contribution in [2.24, 2.45) is 0 Å². The van der Waals surface area contributed by atoms with Crippen molar-refractivity contribution in [3.8, 4) is 5.75 Å². The molecule has 1 N–H and O–H groups in total. The number of aromatic nitrogens is 1. The van der Waals surface area contributed by atoms with E-state index < -0.39 is 0 Å². The van der Waals surface area contributed by atoms with Crippen LogP contribution in [-0.2, 0) is 16.1 Å². The van der Waals surface area contributed by atoms with E-state index in [1.54, 1.807) is 13.3 Å². The van der Waals surface area contributed by atoms with Gasteiger partial charge in [-0.3, -0.25) is 19.5 Å². The lowest BCUT2D eigenvalue weighted by molar-refractivity contribution is -0.133. The van der Waals surface area contributed by atoms with Gasteiger partial charge in [0.05, 0.1) is 19.6 Å². The molecule has 1 saturated heterocycles. The highest BCUT2D eigenvalue weighted by Gasteiger charge is 2.25. The van der Waals surface area contributed by atoms with Crippen LogP contribution in [0.4, 0.5) is 0 Å². The lowest BCUT2D eigenvalue weighted by Crippen LogP contribution is -2.49. The lowest BCUT2D eigenvalue weighted by Gasteiger charge is -2.35. The van der Waals surface area contributed by atoms with E-state index in [1.807, 2.05) is 41.4 Å². The summed E-state index contributed by atoms with van der Waals surface area (Å²) in [6.07, 6.45) is 3.90. The highest BCUT2D eigenvalue weighted by atomic mass is 16.5. The van der Waals surface area contributed by atoms with Crippen LogP contribution in [0.3, 0.4) is 0 Å². The van der Waals surface area contributed by atoms with Gasteiger partial charge in [0, 0.05) is 52.0 Å². The van der Waals surface area contributed by atoms with E-state index in [9.17, 15) is 9.59 Å². The molecule has 154 valence electrons. The van der Waals surface area contributed by atoms with Gasteiger partial charge >= 0.3 is 0 Å². The van der Waals surface area contributed by atoms with Crippen molar-refractivity contribution in [1.29, 1.82) is 0 Å². The Balaban J connectivity index is 1.56. The number of ether oxygens (including phenoxy) is 1. The van der Waals surface area contributed by atoms with Crippen molar-refractivity contribution in [3.05, 3.63) is 59.9 Å². The first-order chi connectivity index (χ1) is 14.0. The predicted octanol–water partition coefficient (Wildman–Crippen LogP) is 2.00. The van der Waals surface area contributed by atoms with Gasteiger partial charge in [-0.2, -0.15) is 0 Å². The fourth-order valence-electron chi connectivity index (χ4n) is 3.54. The maximum Gasteiger partial charge on any atom is 0.225 e. The van der Waals surface area contributed by atoms with E-state index in [0.717, 1.165) is 30.9 Å². The fourth-order valence-corrected chi connectivity index (χ4v) is 3.54. The summed E-state index contributed by atoms with van der Waals surface area (Å²) in [7, 11) is 1.61. The molecule has 7 heteroatoms. The molecule has 1 aromatic carbocycles. The second-order valence-corrected chi connectivity index (χ2v) is 7.25. The first kappa shape index (κ1) is 20.8. The Kier molecular flexibility index (Phi) is 7.19. The maximum absolute atomic E-state index is 12.9. The van der Waals surface area contributed by atoms with Gasteiger partial charge in [-0.15, -0.1) is 0 Å². The molecule has 3 rings (SSSR count). The van der Waals surface area contributed by atoms with Crippen molar-refractivity contribution < 1.29 is 14.3 Å². The number of pyridine rings is 1. The van der Waals surface area contributed by atoms with Gasteiger partial charge in [0.1, 0.15) is 5.75 Å². The van der Waals surface area contributed by atoms with E-state index in [2.05, 4.69) is 21.3 Å². The quantitative estimate of drug-likeness (QED) is 0.775. The average molecular weight is 396 g/mol. The molecule has 0 bridgehead atoms. The van der Waals surface area contributed by atoms with Crippen LogP contribution in [0.25, 0.3) is 0 Å². The molecular weight excluding hydrogens is 368 g/mol. The number of piperazine rings is 1. The van der Waals surface area contributed by atoms with Crippen LogP contribution < -0.4 is 10.1 Å². The van der Waals surface area contributed by atoms with E-state index >= 15 is 0 Å². The van der Waals surface area contributed by atoms with Gasteiger partial charge in [0.15, 0.2) is 0 Å². The summed E-state index contributed by atoms with van der Waals surface area (Å²) in [5, 5.41) is 2.90. The molecule has 1 aliphatic heterocycles. The maximum atomic E-state index is 12.9. The summed E-state index contributed by atoms with van der Waals surface area (Å²) in [6.45, 7) is 5.35. The molecule has 1 aromatic heterocycles. The number of rotatable bonds is 7. The van der Waals surface area contributed by atoms with Crippen molar-refractivity contribution in [2.75, 3.05) is 33.3 Å². The topological polar surface area (TPSA) is 74.8 Å². The zero-order valence-corrected chi connectivity index (χ0v) is 17.0. The third-order valence-corrected chi connectivity index (χ3v) is 5.13. The minimum Gasteiger partial charge on any atom is -0.497 e. The smallest absolute Gasteiger partial charge is 0.225 e. The van der Waals surface area contributed by atoms with Crippen LogP contribution in [0.1, 0.15) is 30.5 Å². The van der Waals surface area contributed by atoms with Gasteiger partial charge in [0.2, 0.25) is 11.8 Å². The van der Waals surface area contributed by atoms with Crippen LogP contribution >= 0.6 is 0 Å². The Morgan fingerprint density at radius 1 is 1.14 bits per heavy atom. The van der Waals surface area contributed by atoms with Gasteiger partial charge in [-0.25, -0.2) is 0 Å². The number of carbonyl (C=O) groups excluding carboxylic acids is 2. The van der Waals surface area contributed by atoms with Gasteiger partial charge < -0.3 is 15.0 Å². The van der Waals surface area contributed by atoms with E-state index in [-0.39, 0.29) is 24.3 Å². The van der Waals surface area contributed by atoms with Crippen LogP contribution in [0, 0.1) is 0 Å². The van der Waals surface area contributed by atoms with Crippen LogP contribution in [-0.4, -0.2) is 59.9 Å². The molecule has 0 saturated carbocycles. The molecule has 0 aliphatic carbocycles. The minimum atomic E-state index is -0.348. The SMILES string of the molecule is COc1ccc(C(CC(=O)N2CCN(Cc3cccnc3)CC2)NC(C)=O)cc1. The Morgan fingerprint density at radius 2 is 1.86 bits per heavy atom. The molecule has 0 radical (unpaired) electrons. The summed E-state index contributed by atoms with van der Waals surface area (Å²) in [4.78, 5) is 32.9. The summed E-state index contributed by atoms with van der Waals surface area (Å²) < 4.78 is 5.19. The fraction of sp³-hybridized carbons (Fsp3) is 0.409. The van der Waals surface area contributed by atoms with Crippen molar-refractivity contribution in [1.82, 2.24) is 20.1 Å². The second kappa shape index (κ2) is 10.0. The number of hydrogen-bond donors (Lipinski definition) is 1. The first-order valence-corrected chi connectivity index (χ1v) is 9.85. The largest absolute Gasteiger partial charge is 0.497 e. The summed E-state index contributed by atoms with van der Waals surface area (Å²) >= 11 is 0. The molecule has 1 atom stereocenters. The predicted molar refractivity (Wildman–Crippen MR) is 110 cm³/mol. The normalized spacial score (nSPS) is 15.6. The standard InChI is InChI=1S/C22H28N4O3/c1-17(27)24-21(19-5-7-20(29-2)8-6-19)14-22(28)26-12-10-25(11-13-26)16-18-4-3-9-23-15-18/h3-9,15,21H,10-14,16H2,1-2H3,(H,24,27). The Hall–Kier alpha value is -2.93. The van der Waals surface area contributed by atoms with Crippen molar-refractivity contribution >= 4 is 11.8 Å². The monoisotopic (exact) mass is 396 g/mol. The average Bonchev–Trinajstić information content (AvgIpc) is 2.74. The third-order valence-electron chi connectivity index (χ3n) is 5.13. The van der Waals surface area contributed by atoms with Crippen LogP contribution in [0.15, 0.2) is 48.8 Å². The highest BCUT2D eigenvalue weighted by Crippen LogP contribution is 2.22. The van der Waals surface area contributed by atoms with Crippen molar-refractivity contribution in [2.45, 2.75) is 25.9 Å². The van der Waals surface area contributed by atoms with E-state index in [1.165, 1.54) is 12.5 Å². The third kappa shape index (κ3) is 6.02. The molecule has 1 aliphatic rings. The minimum absolute atomic E-state index is 0.0561. The second-order valence-electron chi connectivity index (χ2n) is 7.25.